The molecule has 0 spiro atoms. The molecule has 2 aliphatic rings. The van der Waals surface area contributed by atoms with Gasteiger partial charge in [0.05, 0.1) is 17.9 Å². The molecule has 4 nitrogen and oxygen atoms in total. The van der Waals surface area contributed by atoms with Crippen molar-refractivity contribution in [1.82, 2.24) is 5.32 Å². The van der Waals surface area contributed by atoms with Crippen LogP contribution in [0.15, 0.2) is 24.3 Å². The number of carbonyl (C=O) groups excluding carboxylic acids is 1. The van der Waals surface area contributed by atoms with Gasteiger partial charge in [-0.3, -0.25) is 9.59 Å². The maximum atomic E-state index is 12.8. The van der Waals surface area contributed by atoms with Crippen LogP contribution >= 0.6 is 0 Å². The van der Waals surface area contributed by atoms with E-state index in [0.29, 0.717) is 5.92 Å². The molecule has 6 atom stereocenters. The largest absolute Gasteiger partial charge is 0.481 e. The Bertz CT molecular complexity index is 639. The van der Waals surface area contributed by atoms with Crippen LogP contribution in [0.1, 0.15) is 69.5 Å². The van der Waals surface area contributed by atoms with Crippen LogP contribution in [-0.4, -0.2) is 17.0 Å². The van der Waals surface area contributed by atoms with E-state index in [1.54, 1.807) is 0 Å². The minimum atomic E-state index is -0.807. The highest BCUT2D eigenvalue weighted by atomic mass is 16.4. The highest BCUT2D eigenvalue weighted by Crippen LogP contribution is 2.52. The zero-order chi connectivity index (χ0) is 18.1. The highest BCUT2D eigenvalue weighted by Gasteiger charge is 2.54. The number of rotatable bonds is 6. The van der Waals surface area contributed by atoms with Crippen LogP contribution in [0.3, 0.4) is 0 Å². The molecular formula is C21H29NO3. The second kappa shape index (κ2) is 7.19. The molecular weight excluding hydrogens is 314 g/mol. The van der Waals surface area contributed by atoms with Gasteiger partial charge in [0.1, 0.15) is 0 Å². The molecule has 1 aromatic carbocycles. The topological polar surface area (TPSA) is 66.4 Å². The molecule has 0 aliphatic heterocycles. The SMILES string of the molecule is CC[C@H](C)c1ccc([C@H](C)NC(=O)[C@@H]2[C@@H]3CC[C@@H](C3)[C@@H]2C(=O)O)cc1. The zero-order valence-electron chi connectivity index (χ0n) is 15.4. The smallest absolute Gasteiger partial charge is 0.307 e. The van der Waals surface area contributed by atoms with Crippen molar-refractivity contribution in [2.45, 2.75) is 58.4 Å². The second-order valence-electron chi connectivity index (χ2n) is 7.93. The van der Waals surface area contributed by atoms with Crippen molar-refractivity contribution >= 4 is 11.9 Å². The number of carboxylic acids is 1. The lowest BCUT2D eigenvalue weighted by atomic mass is 9.78. The molecule has 0 heterocycles. The van der Waals surface area contributed by atoms with E-state index in [-0.39, 0.29) is 29.7 Å². The Morgan fingerprint density at radius 1 is 1.08 bits per heavy atom. The lowest BCUT2D eigenvalue weighted by Crippen LogP contribution is -2.42. The molecule has 3 rings (SSSR count). The minimum Gasteiger partial charge on any atom is -0.481 e. The number of carboxylic acid groups (broad SMARTS) is 1. The Morgan fingerprint density at radius 3 is 2.20 bits per heavy atom. The fourth-order valence-corrected chi connectivity index (χ4v) is 4.77. The summed E-state index contributed by atoms with van der Waals surface area (Å²) in [7, 11) is 0. The average molecular weight is 343 g/mol. The molecule has 1 aromatic rings. The van der Waals surface area contributed by atoms with Crippen molar-refractivity contribution in [1.29, 1.82) is 0 Å². The van der Waals surface area contributed by atoms with Crippen LogP contribution in [-0.2, 0) is 9.59 Å². The predicted molar refractivity (Wildman–Crippen MR) is 97.2 cm³/mol. The third kappa shape index (κ3) is 3.44. The molecule has 2 saturated carbocycles. The summed E-state index contributed by atoms with van der Waals surface area (Å²) in [5, 5.41) is 12.6. The van der Waals surface area contributed by atoms with E-state index in [1.807, 2.05) is 6.92 Å². The maximum absolute atomic E-state index is 12.8. The van der Waals surface area contributed by atoms with Crippen LogP contribution in [0.25, 0.3) is 0 Å². The Labute approximate surface area is 150 Å². The van der Waals surface area contributed by atoms with Crippen LogP contribution in [0.4, 0.5) is 0 Å². The number of nitrogens with one attached hydrogen (secondary N) is 1. The van der Waals surface area contributed by atoms with E-state index in [9.17, 15) is 14.7 Å². The first-order valence-corrected chi connectivity index (χ1v) is 9.55. The summed E-state index contributed by atoms with van der Waals surface area (Å²) in [6.45, 7) is 6.36. The normalized spacial score (nSPS) is 30.0. The third-order valence-electron chi connectivity index (χ3n) is 6.48. The molecule has 4 heteroatoms. The van der Waals surface area contributed by atoms with Gasteiger partial charge in [0, 0.05) is 0 Å². The number of aliphatic carboxylic acids is 1. The van der Waals surface area contributed by atoms with E-state index in [4.69, 9.17) is 0 Å². The predicted octanol–water partition coefficient (Wildman–Crippen LogP) is 4.12. The van der Waals surface area contributed by atoms with Gasteiger partial charge < -0.3 is 10.4 Å². The highest BCUT2D eigenvalue weighted by molar-refractivity contribution is 5.86. The summed E-state index contributed by atoms with van der Waals surface area (Å²) < 4.78 is 0. The van der Waals surface area contributed by atoms with Crippen molar-refractivity contribution in [3.05, 3.63) is 35.4 Å². The molecule has 2 bridgehead atoms. The molecule has 0 unspecified atom stereocenters. The minimum absolute atomic E-state index is 0.0851. The van der Waals surface area contributed by atoms with Crippen LogP contribution < -0.4 is 5.32 Å². The zero-order valence-corrected chi connectivity index (χ0v) is 15.4. The fraction of sp³-hybridized carbons (Fsp3) is 0.619. The van der Waals surface area contributed by atoms with Crippen molar-refractivity contribution in [2.24, 2.45) is 23.7 Å². The van der Waals surface area contributed by atoms with Crippen LogP contribution in [0.2, 0.25) is 0 Å². The quantitative estimate of drug-likeness (QED) is 0.816. The van der Waals surface area contributed by atoms with E-state index in [0.717, 1.165) is 31.2 Å². The number of amides is 1. The van der Waals surface area contributed by atoms with Gasteiger partial charge in [-0.15, -0.1) is 0 Å². The number of fused-ring (bicyclic) bond motifs is 2. The summed E-state index contributed by atoms with van der Waals surface area (Å²) >= 11 is 0. The summed E-state index contributed by atoms with van der Waals surface area (Å²) in [5.41, 5.74) is 2.37. The Morgan fingerprint density at radius 2 is 1.64 bits per heavy atom. The van der Waals surface area contributed by atoms with Gasteiger partial charge >= 0.3 is 5.97 Å². The lowest BCUT2D eigenvalue weighted by molar-refractivity contribution is -0.149. The standard InChI is InChI=1S/C21H29NO3/c1-4-12(2)14-5-7-15(8-6-14)13(3)22-20(23)18-16-9-10-17(11-16)19(18)21(24)25/h5-8,12-13,16-19H,4,9-11H2,1-3H3,(H,22,23)(H,24,25)/t12-,13-,16+,17-,18+,19-/m0/s1. The van der Waals surface area contributed by atoms with Gasteiger partial charge in [-0.25, -0.2) is 0 Å². The number of benzene rings is 1. The first-order valence-electron chi connectivity index (χ1n) is 9.55. The molecule has 136 valence electrons. The van der Waals surface area contributed by atoms with Crippen molar-refractivity contribution < 1.29 is 14.7 Å². The molecule has 2 N–H and O–H groups in total. The summed E-state index contributed by atoms with van der Waals surface area (Å²) in [4.78, 5) is 24.4. The van der Waals surface area contributed by atoms with Gasteiger partial charge in [0.2, 0.25) is 5.91 Å². The van der Waals surface area contributed by atoms with Gasteiger partial charge in [-0.05, 0) is 61.5 Å². The van der Waals surface area contributed by atoms with Crippen molar-refractivity contribution in [3.8, 4) is 0 Å². The van der Waals surface area contributed by atoms with Gasteiger partial charge in [-0.1, -0.05) is 38.1 Å². The molecule has 2 fully saturated rings. The Kier molecular flexibility index (Phi) is 5.16. The van der Waals surface area contributed by atoms with E-state index < -0.39 is 11.9 Å². The fourth-order valence-electron chi connectivity index (χ4n) is 4.77. The van der Waals surface area contributed by atoms with Crippen molar-refractivity contribution in [3.63, 3.8) is 0 Å². The Hall–Kier alpha value is -1.84. The number of hydrogen-bond donors (Lipinski definition) is 2. The monoisotopic (exact) mass is 343 g/mol. The second-order valence-corrected chi connectivity index (χ2v) is 7.93. The number of hydrogen-bond acceptors (Lipinski definition) is 2. The molecule has 0 aromatic heterocycles. The lowest BCUT2D eigenvalue weighted by Gasteiger charge is -2.28. The van der Waals surface area contributed by atoms with Crippen LogP contribution in [0, 0.1) is 23.7 Å². The van der Waals surface area contributed by atoms with Gasteiger partial charge in [-0.2, -0.15) is 0 Å². The molecule has 0 saturated heterocycles. The molecule has 25 heavy (non-hydrogen) atoms. The van der Waals surface area contributed by atoms with Crippen molar-refractivity contribution in [2.75, 3.05) is 0 Å². The van der Waals surface area contributed by atoms with Crippen LogP contribution in [0.5, 0.6) is 0 Å². The first kappa shape index (κ1) is 18.0. The van der Waals surface area contributed by atoms with Gasteiger partial charge in [0.15, 0.2) is 0 Å². The molecule has 2 aliphatic carbocycles. The van der Waals surface area contributed by atoms with Gasteiger partial charge in [0.25, 0.3) is 0 Å². The third-order valence-corrected chi connectivity index (χ3v) is 6.48. The van der Waals surface area contributed by atoms with E-state index >= 15 is 0 Å². The average Bonchev–Trinajstić information content (AvgIpc) is 3.22. The molecule has 1 amide bonds. The number of carbonyl (C=O) groups is 2. The Balaban J connectivity index is 1.67. The first-order chi connectivity index (χ1) is 11.9. The van der Waals surface area contributed by atoms with E-state index in [1.165, 1.54) is 5.56 Å². The summed E-state index contributed by atoms with van der Waals surface area (Å²) in [6, 6.07) is 8.30. The maximum Gasteiger partial charge on any atom is 0.307 e. The summed E-state index contributed by atoms with van der Waals surface area (Å²) in [5.74, 6) is -0.799. The summed E-state index contributed by atoms with van der Waals surface area (Å²) in [6.07, 6.45) is 3.95. The van der Waals surface area contributed by atoms with E-state index in [2.05, 4.69) is 43.4 Å². The molecule has 0 radical (unpaired) electrons.